The van der Waals surface area contributed by atoms with Crippen molar-refractivity contribution in [2.75, 3.05) is 19.5 Å². The Morgan fingerprint density at radius 1 is 1.00 bits per heavy atom. The van der Waals surface area contributed by atoms with Gasteiger partial charge >= 0.3 is 23.5 Å². The molecule has 0 spiro atoms. The number of aromatic nitrogens is 1. The summed E-state index contributed by atoms with van der Waals surface area (Å²) in [5, 5.41) is -2.09. The van der Waals surface area contributed by atoms with E-state index in [2.05, 4.69) is 19.8 Å². The summed E-state index contributed by atoms with van der Waals surface area (Å²) in [5.74, 6) is -3.00. The van der Waals surface area contributed by atoms with E-state index in [1.165, 1.54) is 13.8 Å². The maximum atomic E-state index is 13.7. The fraction of sp³-hybridized carbons (Fsp3) is 0.500. The molecule has 0 bridgehead atoms. The molecule has 1 aromatic rings. The first kappa shape index (κ1) is 21.9. The van der Waals surface area contributed by atoms with Crippen LogP contribution in [0, 0.1) is 0 Å². The number of alkyl halides is 6. The van der Waals surface area contributed by atoms with Crippen LogP contribution in [0.1, 0.15) is 46.0 Å². The second-order valence-electron chi connectivity index (χ2n) is 5.21. The minimum Gasteiger partial charge on any atom is -0.465 e. The van der Waals surface area contributed by atoms with Crippen LogP contribution in [0.4, 0.5) is 27.6 Å². The van der Waals surface area contributed by atoms with Gasteiger partial charge in [0.15, 0.2) is 5.69 Å². The van der Waals surface area contributed by atoms with Crippen LogP contribution in [0.25, 0.3) is 0 Å². The van der Waals surface area contributed by atoms with Crippen LogP contribution in [-0.2, 0) is 21.0 Å². The summed E-state index contributed by atoms with van der Waals surface area (Å²) in [6, 6.07) is -0.665. The molecule has 0 saturated carbocycles. The molecule has 0 aliphatic carbocycles. The van der Waals surface area contributed by atoms with Crippen molar-refractivity contribution in [2.45, 2.75) is 31.4 Å². The first-order valence-corrected chi connectivity index (χ1v) is 7.29. The van der Waals surface area contributed by atoms with Crippen molar-refractivity contribution >= 4 is 29.2 Å². The van der Waals surface area contributed by atoms with E-state index in [9.17, 15) is 31.5 Å². The Morgan fingerprint density at radius 3 is 1.73 bits per heavy atom. The lowest BCUT2D eigenvalue weighted by molar-refractivity contribution is -0.142. The average molecular weight is 405 g/mol. The molecule has 0 amide bonds. The zero-order valence-electron chi connectivity index (χ0n) is 13.9. The first-order valence-electron chi connectivity index (χ1n) is 6.91. The lowest BCUT2D eigenvalue weighted by Crippen LogP contribution is -2.28. The number of hydrogen-bond acceptors (Lipinski definition) is 6. The van der Waals surface area contributed by atoms with Gasteiger partial charge in [-0.1, -0.05) is 0 Å². The predicted octanol–water partition coefficient (Wildman–Crippen LogP) is 3.78. The molecule has 0 unspecified atom stereocenters. The summed E-state index contributed by atoms with van der Waals surface area (Å²) < 4.78 is 76.1. The number of hydrogen-bond donors (Lipinski definition) is 1. The number of ether oxygens (including phenoxy) is 2. The van der Waals surface area contributed by atoms with Crippen molar-refractivity contribution in [1.82, 2.24) is 4.98 Å². The highest BCUT2D eigenvalue weighted by Gasteiger charge is 2.46. The molecule has 1 aromatic heterocycles. The summed E-state index contributed by atoms with van der Waals surface area (Å²) in [5.41, 5.74) is -6.88. The van der Waals surface area contributed by atoms with Crippen molar-refractivity contribution < 1.29 is 41.0 Å². The third-order valence-corrected chi connectivity index (χ3v) is 3.13. The van der Waals surface area contributed by atoms with Crippen LogP contribution in [0.5, 0.6) is 0 Å². The van der Waals surface area contributed by atoms with Crippen molar-refractivity contribution in [3.8, 4) is 0 Å². The van der Waals surface area contributed by atoms with E-state index < -0.39 is 57.7 Å². The third-order valence-electron chi connectivity index (χ3n) is 2.95. The van der Waals surface area contributed by atoms with E-state index in [1.807, 2.05) is 0 Å². The summed E-state index contributed by atoms with van der Waals surface area (Å²) in [7, 11) is 1.59. The smallest absolute Gasteiger partial charge is 0.434 e. The van der Waals surface area contributed by atoms with Gasteiger partial charge in [0.1, 0.15) is 16.8 Å². The molecule has 12 heteroatoms. The Morgan fingerprint density at radius 2 is 1.42 bits per heavy atom. The fourth-order valence-electron chi connectivity index (χ4n) is 2.03. The molecule has 146 valence electrons. The molecule has 26 heavy (non-hydrogen) atoms. The molecule has 1 heterocycles. The van der Waals surface area contributed by atoms with Crippen LogP contribution in [0.3, 0.4) is 0 Å². The number of carbonyl (C=O) groups excluding carboxylic acids is 2. The summed E-state index contributed by atoms with van der Waals surface area (Å²) in [4.78, 5) is 26.7. The van der Waals surface area contributed by atoms with E-state index in [-0.39, 0.29) is 0 Å². The van der Waals surface area contributed by atoms with E-state index in [1.54, 1.807) is 0 Å². The highest BCUT2D eigenvalue weighted by Crippen LogP contribution is 2.43. The molecule has 0 atom stereocenters. The number of carbonyl (C=O) groups is 2. The zero-order valence-corrected chi connectivity index (χ0v) is 14.7. The molecule has 0 aromatic carbocycles. The molecule has 1 N–H and O–H groups in total. The van der Waals surface area contributed by atoms with Gasteiger partial charge in [0.25, 0.3) is 0 Å². The first-order chi connectivity index (χ1) is 11.8. The number of halogens is 6. The zero-order chi connectivity index (χ0) is 20.4. The summed E-state index contributed by atoms with van der Waals surface area (Å²) in [6.07, 6.45) is -5.32. The fourth-order valence-corrected chi connectivity index (χ4v) is 2.17. The van der Waals surface area contributed by atoms with Crippen LogP contribution < -0.4 is 5.32 Å². The van der Waals surface area contributed by atoms with Crippen LogP contribution >= 0.6 is 11.6 Å². The quantitative estimate of drug-likeness (QED) is 0.457. The number of esters is 2. The normalized spacial score (nSPS) is 12.1. The summed E-state index contributed by atoms with van der Waals surface area (Å²) in [6.45, 7) is 2.88. The SMILES string of the molecule is COC(=O)c1c(C(F)(F)F)nc(C(F)(F)Cl)c(C(=O)OC)c1NC(C)C. The number of nitrogens with one attached hydrogen (secondary N) is 1. The van der Waals surface area contributed by atoms with Crippen molar-refractivity contribution in [2.24, 2.45) is 0 Å². The summed E-state index contributed by atoms with van der Waals surface area (Å²) >= 11 is 4.85. The minimum absolute atomic E-state index is 0.665. The molecule has 6 nitrogen and oxygen atoms in total. The highest BCUT2D eigenvalue weighted by atomic mass is 35.5. The third kappa shape index (κ3) is 4.51. The molecule has 0 radical (unpaired) electrons. The van der Waals surface area contributed by atoms with E-state index in [4.69, 9.17) is 11.6 Å². The van der Waals surface area contributed by atoms with Crippen LogP contribution in [-0.4, -0.2) is 37.2 Å². The number of methoxy groups -OCH3 is 2. The van der Waals surface area contributed by atoms with Gasteiger partial charge in [-0.15, -0.1) is 0 Å². The van der Waals surface area contributed by atoms with E-state index in [0.29, 0.717) is 0 Å². The van der Waals surface area contributed by atoms with Gasteiger partial charge < -0.3 is 14.8 Å². The largest absolute Gasteiger partial charge is 0.465 e. The lowest BCUT2D eigenvalue weighted by atomic mass is 10.0. The molecule has 0 fully saturated rings. The molecular weight excluding hydrogens is 391 g/mol. The minimum atomic E-state index is -5.32. The molecular formula is C14H14ClF5N2O4. The number of nitrogens with zero attached hydrogens (tertiary/aromatic N) is 1. The maximum Gasteiger partial charge on any atom is 0.434 e. The maximum absolute atomic E-state index is 13.7. The van der Waals surface area contributed by atoms with Crippen molar-refractivity contribution in [1.29, 1.82) is 0 Å². The molecule has 0 aliphatic heterocycles. The van der Waals surface area contributed by atoms with Crippen molar-refractivity contribution in [3.63, 3.8) is 0 Å². The Labute approximate surface area is 149 Å². The van der Waals surface area contributed by atoms with Gasteiger partial charge in [-0.2, -0.15) is 22.0 Å². The van der Waals surface area contributed by atoms with Gasteiger partial charge in [0.05, 0.1) is 19.9 Å². The van der Waals surface area contributed by atoms with Crippen LogP contribution in [0.2, 0.25) is 0 Å². The predicted molar refractivity (Wildman–Crippen MR) is 80.4 cm³/mol. The second-order valence-corrected chi connectivity index (χ2v) is 5.69. The average Bonchev–Trinajstić information content (AvgIpc) is 2.49. The highest BCUT2D eigenvalue weighted by molar-refractivity contribution is 6.22. The Kier molecular flexibility index (Phi) is 6.40. The van der Waals surface area contributed by atoms with Gasteiger partial charge in [0, 0.05) is 6.04 Å². The monoisotopic (exact) mass is 404 g/mol. The van der Waals surface area contributed by atoms with Gasteiger partial charge in [-0.3, -0.25) is 0 Å². The standard InChI is InChI=1S/C14H14ClF5N2O4/c1-5(2)21-8-6(11(23)25-3)9(13(15,16)17)22-10(14(18,19)20)7(8)12(24)26-4/h5H,1-4H3,(H,21,22). The molecule has 0 saturated heterocycles. The van der Waals surface area contributed by atoms with E-state index >= 15 is 0 Å². The Bertz CT molecular complexity index is 665. The Balaban J connectivity index is 4.15. The van der Waals surface area contributed by atoms with Crippen LogP contribution in [0.15, 0.2) is 0 Å². The Hall–Kier alpha value is -2.17. The van der Waals surface area contributed by atoms with E-state index in [0.717, 1.165) is 14.2 Å². The van der Waals surface area contributed by atoms with Gasteiger partial charge in [0.2, 0.25) is 0 Å². The number of pyridine rings is 1. The topological polar surface area (TPSA) is 77.5 Å². The second kappa shape index (κ2) is 7.60. The van der Waals surface area contributed by atoms with Crippen molar-refractivity contribution in [3.05, 3.63) is 22.5 Å². The number of anilines is 1. The van der Waals surface area contributed by atoms with Gasteiger partial charge in [-0.25, -0.2) is 14.6 Å². The lowest BCUT2D eigenvalue weighted by Gasteiger charge is -2.23. The molecule has 0 aliphatic rings. The molecule has 1 rings (SSSR count). The van der Waals surface area contributed by atoms with Gasteiger partial charge in [-0.05, 0) is 25.4 Å². The number of rotatable bonds is 5.